The first kappa shape index (κ1) is 16.1. The standard InChI is InChI=1S/C16H12Cl2N2O2/c17-12-5-1-10(14(18)9-12)4-8-15(21)20-13-6-2-11(3-7-13)16(19)22/h1-9H,(H2,19,22)(H,20,21). The number of nitrogens with one attached hydrogen (secondary N) is 1. The Balaban J connectivity index is 2.03. The fourth-order valence-electron chi connectivity index (χ4n) is 1.70. The molecular formula is C16H12Cl2N2O2. The molecule has 0 bridgehead atoms. The van der Waals surface area contributed by atoms with Gasteiger partial charge in [-0.25, -0.2) is 0 Å². The van der Waals surface area contributed by atoms with Crippen LogP contribution >= 0.6 is 23.2 Å². The molecule has 0 heterocycles. The Hall–Kier alpha value is -2.30. The zero-order chi connectivity index (χ0) is 16.1. The molecule has 0 aliphatic rings. The number of benzene rings is 2. The summed E-state index contributed by atoms with van der Waals surface area (Å²) in [5, 5.41) is 3.65. The predicted octanol–water partition coefficient (Wildman–Crippen LogP) is 3.74. The SMILES string of the molecule is NC(=O)c1ccc(NC(=O)C=Cc2ccc(Cl)cc2Cl)cc1. The van der Waals surface area contributed by atoms with E-state index in [4.69, 9.17) is 28.9 Å². The maximum Gasteiger partial charge on any atom is 0.248 e. The second kappa shape index (κ2) is 7.11. The van der Waals surface area contributed by atoms with Crippen LogP contribution < -0.4 is 11.1 Å². The van der Waals surface area contributed by atoms with Crippen LogP contribution in [0.3, 0.4) is 0 Å². The van der Waals surface area contributed by atoms with E-state index in [9.17, 15) is 9.59 Å². The molecule has 0 aromatic heterocycles. The minimum Gasteiger partial charge on any atom is -0.366 e. The Kier molecular flexibility index (Phi) is 5.20. The third kappa shape index (κ3) is 4.35. The number of carbonyl (C=O) groups excluding carboxylic acids is 2. The molecule has 0 aliphatic heterocycles. The van der Waals surface area contributed by atoms with Gasteiger partial charge in [-0.15, -0.1) is 0 Å². The van der Waals surface area contributed by atoms with Crippen LogP contribution in [0.2, 0.25) is 10.0 Å². The van der Waals surface area contributed by atoms with Gasteiger partial charge in [-0.3, -0.25) is 9.59 Å². The van der Waals surface area contributed by atoms with Crippen molar-refractivity contribution in [3.8, 4) is 0 Å². The Morgan fingerprint density at radius 3 is 2.32 bits per heavy atom. The van der Waals surface area contributed by atoms with Crippen molar-refractivity contribution < 1.29 is 9.59 Å². The third-order valence-electron chi connectivity index (χ3n) is 2.81. The highest BCUT2D eigenvalue weighted by Crippen LogP contribution is 2.22. The monoisotopic (exact) mass is 334 g/mol. The number of hydrogen-bond acceptors (Lipinski definition) is 2. The number of amides is 2. The Bertz CT molecular complexity index is 740. The lowest BCUT2D eigenvalue weighted by atomic mass is 10.2. The van der Waals surface area contributed by atoms with Crippen LogP contribution in [0.25, 0.3) is 6.08 Å². The van der Waals surface area contributed by atoms with Gasteiger partial charge in [0.1, 0.15) is 0 Å². The molecule has 2 aromatic rings. The summed E-state index contributed by atoms with van der Waals surface area (Å²) in [6, 6.07) is 11.3. The van der Waals surface area contributed by atoms with Gasteiger partial charge >= 0.3 is 0 Å². The number of anilines is 1. The normalized spacial score (nSPS) is 10.6. The average Bonchev–Trinajstić information content (AvgIpc) is 2.47. The summed E-state index contributed by atoms with van der Waals surface area (Å²) in [6.45, 7) is 0. The second-order valence-corrected chi connectivity index (χ2v) is 5.27. The van der Waals surface area contributed by atoms with Gasteiger partial charge in [0.05, 0.1) is 0 Å². The zero-order valence-corrected chi connectivity index (χ0v) is 12.9. The van der Waals surface area contributed by atoms with Crippen LogP contribution in [0.15, 0.2) is 48.5 Å². The Labute approximate surface area is 137 Å². The van der Waals surface area contributed by atoms with Crippen LogP contribution in [-0.4, -0.2) is 11.8 Å². The largest absolute Gasteiger partial charge is 0.366 e. The van der Waals surface area contributed by atoms with Crippen molar-refractivity contribution in [2.24, 2.45) is 5.73 Å². The maximum atomic E-state index is 11.8. The van der Waals surface area contributed by atoms with Crippen LogP contribution in [0.5, 0.6) is 0 Å². The van der Waals surface area contributed by atoms with Gasteiger partial charge in [-0.1, -0.05) is 29.3 Å². The number of halogens is 2. The molecule has 0 atom stereocenters. The summed E-state index contributed by atoms with van der Waals surface area (Å²) < 4.78 is 0. The van der Waals surface area contributed by atoms with E-state index in [0.29, 0.717) is 26.9 Å². The van der Waals surface area contributed by atoms with Gasteiger partial charge < -0.3 is 11.1 Å². The molecule has 0 saturated carbocycles. The first-order valence-corrected chi connectivity index (χ1v) is 7.05. The van der Waals surface area contributed by atoms with Crippen LogP contribution in [0.1, 0.15) is 15.9 Å². The van der Waals surface area contributed by atoms with Gasteiger partial charge in [-0.05, 0) is 48.0 Å². The first-order chi connectivity index (χ1) is 10.5. The average molecular weight is 335 g/mol. The van der Waals surface area contributed by atoms with Crippen molar-refractivity contribution in [2.45, 2.75) is 0 Å². The molecule has 112 valence electrons. The fourth-order valence-corrected chi connectivity index (χ4v) is 2.18. The molecule has 22 heavy (non-hydrogen) atoms. The molecular weight excluding hydrogens is 323 g/mol. The van der Waals surface area contributed by atoms with Gasteiger partial charge in [0, 0.05) is 27.4 Å². The molecule has 0 aliphatic carbocycles. The number of hydrogen-bond donors (Lipinski definition) is 2. The molecule has 0 radical (unpaired) electrons. The lowest BCUT2D eigenvalue weighted by molar-refractivity contribution is -0.111. The minimum absolute atomic E-state index is 0.321. The lowest BCUT2D eigenvalue weighted by Gasteiger charge is -2.03. The molecule has 2 rings (SSSR count). The van der Waals surface area contributed by atoms with Crippen molar-refractivity contribution in [3.05, 3.63) is 69.7 Å². The molecule has 0 unspecified atom stereocenters. The third-order valence-corrected chi connectivity index (χ3v) is 3.38. The first-order valence-electron chi connectivity index (χ1n) is 6.29. The van der Waals surface area contributed by atoms with E-state index in [1.54, 1.807) is 36.4 Å². The van der Waals surface area contributed by atoms with Crippen LogP contribution in [-0.2, 0) is 4.79 Å². The maximum absolute atomic E-state index is 11.8. The van der Waals surface area contributed by atoms with Crippen molar-refractivity contribution in [2.75, 3.05) is 5.32 Å². The lowest BCUT2D eigenvalue weighted by Crippen LogP contribution is -2.11. The van der Waals surface area contributed by atoms with E-state index in [-0.39, 0.29) is 5.91 Å². The highest BCUT2D eigenvalue weighted by Gasteiger charge is 2.02. The summed E-state index contributed by atoms with van der Waals surface area (Å²) in [5.74, 6) is -0.840. The molecule has 4 nitrogen and oxygen atoms in total. The number of nitrogens with two attached hydrogens (primary N) is 1. The highest BCUT2D eigenvalue weighted by atomic mass is 35.5. The zero-order valence-electron chi connectivity index (χ0n) is 11.3. The van der Waals surface area contributed by atoms with Crippen molar-refractivity contribution in [1.29, 1.82) is 0 Å². The molecule has 0 saturated heterocycles. The van der Waals surface area contributed by atoms with E-state index in [1.807, 2.05) is 0 Å². The number of carbonyl (C=O) groups is 2. The van der Waals surface area contributed by atoms with Gasteiger partial charge in [0.2, 0.25) is 11.8 Å². The van der Waals surface area contributed by atoms with Crippen molar-refractivity contribution in [3.63, 3.8) is 0 Å². The molecule has 3 N–H and O–H groups in total. The molecule has 6 heteroatoms. The Morgan fingerprint density at radius 1 is 1.05 bits per heavy atom. The molecule has 0 spiro atoms. The topological polar surface area (TPSA) is 72.2 Å². The van der Waals surface area contributed by atoms with Crippen molar-refractivity contribution >= 4 is 46.8 Å². The molecule has 0 fully saturated rings. The van der Waals surface area contributed by atoms with E-state index in [2.05, 4.69) is 5.32 Å². The highest BCUT2D eigenvalue weighted by molar-refractivity contribution is 6.35. The van der Waals surface area contributed by atoms with E-state index < -0.39 is 5.91 Å². The Morgan fingerprint density at radius 2 is 1.73 bits per heavy atom. The number of primary amides is 1. The van der Waals surface area contributed by atoms with Gasteiger partial charge in [0.15, 0.2) is 0 Å². The minimum atomic E-state index is -0.518. The van der Waals surface area contributed by atoms with E-state index >= 15 is 0 Å². The summed E-state index contributed by atoms with van der Waals surface area (Å²) in [6.07, 6.45) is 2.95. The quantitative estimate of drug-likeness (QED) is 0.836. The smallest absolute Gasteiger partial charge is 0.248 e. The predicted molar refractivity (Wildman–Crippen MR) is 89.1 cm³/mol. The van der Waals surface area contributed by atoms with E-state index in [0.717, 1.165) is 0 Å². The van der Waals surface area contributed by atoms with Crippen LogP contribution in [0, 0.1) is 0 Å². The van der Waals surface area contributed by atoms with Gasteiger partial charge in [-0.2, -0.15) is 0 Å². The molecule has 2 amide bonds. The number of rotatable bonds is 4. The summed E-state index contributed by atoms with van der Waals surface area (Å²) in [7, 11) is 0. The van der Waals surface area contributed by atoms with Crippen LogP contribution in [0.4, 0.5) is 5.69 Å². The summed E-state index contributed by atoms with van der Waals surface area (Å²) in [4.78, 5) is 22.8. The van der Waals surface area contributed by atoms with Crippen molar-refractivity contribution in [1.82, 2.24) is 0 Å². The molecule has 2 aromatic carbocycles. The fraction of sp³-hybridized carbons (Fsp3) is 0. The van der Waals surface area contributed by atoms with Gasteiger partial charge in [0.25, 0.3) is 0 Å². The van der Waals surface area contributed by atoms with E-state index in [1.165, 1.54) is 18.2 Å². The second-order valence-electron chi connectivity index (χ2n) is 4.43. The summed E-state index contributed by atoms with van der Waals surface area (Å²) in [5.41, 5.74) is 6.76. The summed E-state index contributed by atoms with van der Waals surface area (Å²) >= 11 is 11.8.